The number of alkyl halides is 2. The summed E-state index contributed by atoms with van der Waals surface area (Å²) in [5.41, 5.74) is 0.0647. The Hall–Kier alpha value is -4.71. The average Bonchev–Trinajstić information content (AvgIpc) is 4.08. The number of nitrogens with one attached hydrogen (secondary N) is 2. The first-order chi connectivity index (χ1) is 29.1. The topological polar surface area (TPSA) is 177 Å². The van der Waals surface area contributed by atoms with Gasteiger partial charge in [-0.05, 0) is 50.2 Å². The fourth-order valence-corrected chi connectivity index (χ4v) is 10.7. The van der Waals surface area contributed by atoms with Gasteiger partial charge in [0.1, 0.15) is 29.2 Å². The monoisotopic (exact) mass is 898 g/mol. The summed E-state index contributed by atoms with van der Waals surface area (Å²) in [5.74, 6) is -6.19. The standard InChI is InChI=1S/C44H56F2N6O8S2/c1-9-26-20-44(26,41(56)50-62(57,58)28-11-12-28)49-38(54)33-17-27(21-52(33)40(55)30(42(5,6)7)18-36(53)51-16-10-15-43(45,46)23-51)60-35-19-31(32-22-61-39(48-32)24(2)3)47-37-25(4)34(59-8)14-13-29(35)37/h9,13-14,19,22,24,26-28,30,33H,1,10-12,15-18,20-21,23H2,2-8H3,(H,49,54)(H,50,56)/t26-,27-,30-,33+,44-/m1/s1. The highest BCUT2D eigenvalue weighted by atomic mass is 32.2. The summed E-state index contributed by atoms with van der Waals surface area (Å²) < 4.78 is 69.1. The number of thiazole rings is 1. The number of sulfonamides is 1. The van der Waals surface area contributed by atoms with E-state index in [-0.39, 0.29) is 51.1 Å². The largest absolute Gasteiger partial charge is 0.496 e. The van der Waals surface area contributed by atoms with Gasteiger partial charge in [0.05, 0.1) is 53.3 Å². The maximum atomic E-state index is 14.9. The van der Waals surface area contributed by atoms with Crippen LogP contribution in [-0.2, 0) is 29.2 Å². The van der Waals surface area contributed by atoms with Gasteiger partial charge < -0.3 is 24.6 Å². The number of pyridine rings is 1. The van der Waals surface area contributed by atoms with Crippen molar-refractivity contribution < 1.29 is 45.9 Å². The number of hydrogen-bond acceptors (Lipinski definition) is 11. The predicted molar refractivity (Wildman–Crippen MR) is 230 cm³/mol. The lowest BCUT2D eigenvalue weighted by molar-refractivity contribution is -0.151. The molecule has 4 fully saturated rings. The van der Waals surface area contributed by atoms with Gasteiger partial charge in [-0.25, -0.2) is 27.2 Å². The van der Waals surface area contributed by atoms with Crippen LogP contribution in [0.1, 0.15) is 96.1 Å². The van der Waals surface area contributed by atoms with Crippen molar-refractivity contribution in [1.29, 1.82) is 0 Å². The Morgan fingerprint density at radius 3 is 2.44 bits per heavy atom. The number of aromatic nitrogens is 2. The molecule has 3 aromatic rings. The number of carbonyl (C=O) groups is 4. The van der Waals surface area contributed by atoms with E-state index >= 15 is 0 Å². The lowest BCUT2D eigenvalue weighted by Crippen LogP contribution is -2.57. The number of rotatable bonds is 14. The summed E-state index contributed by atoms with van der Waals surface area (Å²) in [6.45, 7) is 14.4. The van der Waals surface area contributed by atoms with Crippen LogP contribution in [0.4, 0.5) is 8.78 Å². The van der Waals surface area contributed by atoms with Crippen LogP contribution in [0.2, 0.25) is 0 Å². The van der Waals surface area contributed by atoms with E-state index in [0.29, 0.717) is 46.6 Å². The van der Waals surface area contributed by atoms with E-state index < -0.39 is 86.3 Å². The van der Waals surface area contributed by atoms with E-state index in [4.69, 9.17) is 19.4 Å². The van der Waals surface area contributed by atoms with E-state index in [1.165, 1.54) is 22.3 Å². The van der Waals surface area contributed by atoms with Crippen molar-refractivity contribution in [3.8, 4) is 22.9 Å². The van der Waals surface area contributed by atoms with E-state index in [0.717, 1.165) is 15.5 Å². The van der Waals surface area contributed by atoms with Crippen molar-refractivity contribution in [2.75, 3.05) is 26.7 Å². The number of aryl methyl sites for hydroxylation is 1. The number of ether oxygens (including phenoxy) is 2. The molecule has 5 atom stereocenters. The molecule has 14 nitrogen and oxygen atoms in total. The molecule has 2 saturated carbocycles. The molecule has 2 saturated heterocycles. The minimum Gasteiger partial charge on any atom is -0.496 e. The first kappa shape index (κ1) is 45.3. The van der Waals surface area contributed by atoms with Crippen LogP contribution >= 0.6 is 11.3 Å². The summed E-state index contributed by atoms with van der Waals surface area (Å²) in [6, 6.07) is 4.16. The van der Waals surface area contributed by atoms with Crippen LogP contribution in [0.5, 0.6) is 11.5 Å². The molecular formula is C44H56F2N6O8S2. The third kappa shape index (κ3) is 9.17. The van der Waals surface area contributed by atoms with Crippen LogP contribution < -0.4 is 19.5 Å². The average molecular weight is 899 g/mol. The molecule has 62 heavy (non-hydrogen) atoms. The van der Waals surface area contributed by atoms with Crippen LogP contribution in [-0.4, -0.2) is 107 Å². The second-order valence-electron chi connectivity index (χ2n) is 18.6. The number of methoxy groups -OCH3 is 1. The molecule has 7 rings (SSSR count). The van der Waals surface area contributed by atoms with E-state index in [1.54, 1.807) is 40.0 Å². The number of likely N-dealkylation sites (tertiary alicyclic amines) is 2. The smallest absolute Gasteiger partial charge is 0.265 e. The zero-order valence-electron chi connectivity index (χ0n) is 36.3. The number of amides is 4. The van der Waals surface area contributed by atoms with E-state index in [1.807, 2.05) is 18.4 Å². The lowest BCUT2D eigenvalue weighted by atomic mass is 9.77. The van der Waals surface area contributed by atoms with Gasteiger partial charge in [-0.2, -0.15) is 0 Å². The summed E-state index contributed by atoms with van der Waals surface area (Å²) in [6.07, 6.45) is 1.01. The molecule has 336 valence electrons. The van der Waals surface area contributed by atoms with Crippen molar-refractivity contribution in [2.45, 2.75) is 121 Å². The van der Waals surface area contributed by atoms with Gasteiger partial charge in [0.2, 0.25) is 27.7 Å². The van der Waals surface area contributed by atoms with Gasteiger partial charge in [-0.15, -0.1) is 17.9 Å². The summed E-state index contributed by atoms with van der Waals surface area (Å²) in [7, 11) is -2.39. The Labute approximate surface area is 365 Å². The summed E-state index contributed by atoms with van der Waals surface area (Å²) >= 11 is 1.52. The lowest BCUT2D eigenvalue weighted by Gasteiger charge is -2.37. The number of hydrogen-bond donors (Lipinski definition) is 2. The Morgan fingerprint density at radius 2 is 1.84 bits per heavy atom. The maximum Gasteiger partial charge on any atom is 0.265 e. The molecular weight excluding hydrogens is 843 g/mol. The van der Waals surface area contributed by atoms with Gasteiger partial charge in [0, 0.05) is 60.0 Å². The first-order valence-electron chi connectivity index (χ1n) is 21.1. The van der Waals surface area contributed by atoms with Gasteiger partial charge in [0.25, 0.3) is 11.8 Å². The minimum atomic E-state index is -3.96. The molecule has 1 aromatic carbocycles. The molecule has 0 unspecified atom stereocenters. The number of fused-ring (bicyclic) bond motifs is 1. The van der Waals surface area contributed by atoms with Crippen molar-refractivity contribution >= 4 is 55.9 Å². The highest BCUT2D eigenvalue weighted by Crippen LogP contribution is 2.46. The Bertz CT molecular complexity index is 2400. The van der Waals surface area contributed by atoms with Gasteiger partial charge in [0.15, 0.2) is 0 Å². The fraction of sp³-hybridized carbons (Fsp3) is 0.591. The van der Waals surface area contributed by atoms with Crippen LogP contribution in [0, 0.1) is 24.2 Å². The van der Waals surface area contributed by atoms with Crippen molar-refractivity contribution in [3.63, 3.8) is 0 Å². The minimum absolute atomic E-state index is 0.0416. The first-order valence-corrected chi connectivity index (χ1v) is 23.6. The number of piperidine rings is 1. The molecule has 0 bridgehead atoms. The molecule has 18 heteroatoms. The molecule has 2 aliphatic carbocycles. The highest BCUT2D eigenvalue weighted by molar-refractivity contribution is 7.91. The second-order valence-corrected chi connectivity index (χ2v) is 21.4. The van der Waals surface area contributed by atoms with Gasteiger partial charge >= 0.3 is 0 Å². The van der Waals surface area contributed by atoms with Crippen LogP contribution in [0.15, 0.2) is 36.2 Å². The van der Waals surface area contributed by atoms with Gasteiger partial charge in [-0.3, -0.25) is 23.9 Å². The number of benzene rings is 1. The fourth-order valence-electron chi connectivity index (χ4n) is 8.52. The third-order valence-electron chi connectivity index (χ3n) is 12.5. The molecule has 4 amide bonds. The zero-order valence-corrected chi connectivity index (χ0v) is 37.9. The van der Waals surface area contributed by atoms with Crippen LogP contribution in [0.25, 0.3) is 22.3 Å². The Balaban J connectivity index is 1.23. The molecule has 4 aliphatic rings. The van der Waals surface area contributed by atoms with E-state index in [2.05, 4.69) is 30.5 Å². The SMILES string of the molecule is C=C[C@@H]1C[C@]1(NC(=O)[C@@H]1C[C@@H](Oc2cc(-c3csc(C(C)C)n3)nc3c(C)c(OC)ccc23)CN1C(=O)[C@@H](CC(=O)N1CCCC(F)(F)C1)C(C)(C)C)C(=O)NS(=O)(=O)C1CC1. The normalized spacial score (nSPS) is 24.1. The molecule has 0 radical (unpaired) electrons. The molecule has 0 spiro atoms. The van der Waals surface area contributed by atoms with Crippen molar-refractivity contribution in [3.05, 3.63) is 46.8 Å². The van der Waals surface area contributed by atoms with E-state index in [9.17, 15) is 36.4 Å². The quantitative estimate of drug-likeness (QED) is 0.179. The predicted octanol–water partition coefficient (Wildman–Crippen LogP) is 6.13. The Kier molecular flexibility index (Phi) is 12.3. The Morgan fingerprint density at radius 1 is 1.11 bits per heavy atom. The third-order valence-corrected chi connectivity index (χ3v) is 15.5. The van der Waals surface area contributed by atoms with Crippen molar-refractivity contribution in [2.24, 2.45) is 17.3 Å². The van der Waals surface area contributed by atoms with Crippen molar-refractivity contribution in [1.82, 2.24) is 29.8 Å². The molecule has 2 aromatic heterocycles. The highest BCUT2D eigenvalue weighted by Gasteiger charge is 2.62. The van der Waals surface area contributed by atoms with Gasteiger partial charge in [-0.1, -0.05) is 40.7 Å². The number of halogens is 2. The number of carbonyl (C=O) groups excluding carboxylic acids is 4. The van der Waals surface area contributed by atoms with Crippen LogP contribution in [0.3, 0.4) is 0 Å². The second kappa shape index (κ2) is 16.8. The number of nitrogens with zero attached hydrogens (tertiary/aromatic N) is 4. The molecule has 2 N–H and O–H groups in total. The molecule has 2 aliphatic heterocycles. The maximum absolute atomic E-state index is 14.9. The zero-order chi connectivity index (χ0) is 45.1. The summed E-state index contributed by atoms with van der Waals surface area (Å²) in [4.78, 5) is 69.2. The summed E-state index contributed by atoms with van der Waals surface area (Å²) in [5, 5.41) is 5.62. The molecule has 4 heterocycles.